The predicted octanol–water partition coefficient (Wildman–Crippen LogP) is 2.27. The van der Waals surface area contributed by atoms with Crippen LogP contribution >= 0.6 is 0 Å². The van der Waals surface area contributed by atoms with E-state index in [1.165, 1.54) is 17.4 Å². The lowest BCUT2D eigenvalue weighted by molar-refractivity contribution is -0.259. The minimum Gasteiger partial charge on any atom is -0.462 e. The maximum atomic E-state index is 12.0. The first-order valence-corrected chi connectivity index (χ1v) is 8.47. The first-order chi connectivity index (χ1) is 11.1. The van der Waals surface area contributed by atoms with Crippen LogP contribution in [0.4, 0.5) is 0 Å². The van der Waals surface area contributed by atoms with Crippen molar-refractivity contribution in [3.8, 4) is 0 Å². The Kier molecular flexibility index (Phi) is 7.66. The van der Waals surface area contributed by atoms with Crippen LogP contribution in [0.2, 0.25) is 0 Å². The second-order valence-electron chi connectivity index (χ2n) is 7.73. The van der Waals surface area contributed by atoms with E-state index < -0.39 is 17.2 Å². The Morgan fingerprint density at radius 2 is 1.88 bits per heavy atom. The van der Waals surface area contributed by atoms with Gasteiger partial charge in [-0.2, -0.15) is 11.0 Å². The van der Waals surface area contributed by atoms with Crippen LogP contribution in [0.5, 0.6) is 0 Å². The number of aliphatic hydroxyl groups is 1. The Balaban J connectivity index is 2.34. The number of nitrogens with zero attached hydrogens (tertiary/aromatic N) is 1. The van der Waals surface area contributed by atoms with Crippen LogP contribution in [0, 0.1) is 0 Å². The molecule has 1 rings (SSSR count). The Morgan fingerprint density at radius 1 is 1.29 bits per heavy atom. The second-order valence-corrected chi connectivity index (χ2v) is 7.73. The highest BCUT2D eigenvalue weighted by Gasteiger charge is 2.46. The number of carbonyl (C=O) groups excluding carboxylic acids is 1. The molecule has 0 aromatic heterocycles. The molecule has 0 radical (unpaired) electrons. The van der Waals surface area contributed by atoms with Crippen molar-refractivity contribution >= 4 is 5.97 Å². The van der Waals surface area contributed by atoms with E-state index in [9.17, 15) is 15.1 Å². The average molecular weight is 344 g/mol. The van der Waals surface area contributed by atoms with E-state index in [2.05, 4.69) is 4.84 Å². The van der Waals surface area contributed by atoms with Gasteiger partial charge in [-0.3, -0.25) is 4.79 Å². The average Bonchev–Trinajstić information content (AvgIpc) is 2.46. The summed E-state index contributed by atoms with van der Waals surface area (Å²) >= 11 is 0. The van der Waals surface area contributed by atoms with Gasteiger partial charge >= 0.3 is 5.97 Å². The molecule has 7 heteroatoms. The molecular weight excluding hydrogens is 312 g/mol. The molecule has 140 valence electrons. The number of aliphatic hydroxyl groups excluding tert-OH is 1. The molecule has 0 aromatic carbocycles. The van der Waals surface area contributed by atoms with Gasteiger partial charge in [0.1, 0.15) is 12.4 Å². The van der Waals surface area contributed by atoms with E-state index in [-0.39, 0.29) is 12.1 Å². The fraction of sp³-hybridized carbons (Fsp3) is 0.824. The van der Waals surface area contributed by atoms with Crippen molar-refractivity contribution in [2.75, 3.05) is 0 Å². The molecule has 24 heavy (non-hydrogen) atoms. The molecule has 1 atom stereocenters. The largest absolute Gasteiger partial charge is 0.462 e. The third-order valence-corrected chi connectivity index (χ3v) is 4.41. The standard InChI is InChI=1S/C17H32N2O5/c1-16(2)11-14(12-17(3,4)19(16)22)24-15(21)8-6-5-7-13(20)9-10-23-18/h9-10,13-14,20,22H,5-8,11-12,18H2,1-4H3/b10-9+. The molecule has 1 fully saturated rings. The molecule has 0 aliphatic carbocycles. The number of piperidine rings is 1. The number of ether oxygens (including phenoxy) is 1. The van der Waals surface area contributed by atoms with Crippen LogP contribution in [0.25, 0.3) is 0 Å². The molecule has 0 saturated carbocycles. The first kappa shape index (κ1) is 20.9. The monoisotopic (exact) mass is 344 g/mol. The van der Waals surface area contributed by atoms with Crippen molar-refractivity contribution in [1.29, 1.82) is 0 Å². The summed E-state index contributed by atoms with van der Waals surface area (Å²) in [6, 6.07) is 0. The number of rotatable bonds is 8. The van der Waals surface area contributed by atoms with Gasteiger partial charge in [0.15, 0.2) is 0 Å². The molecule has 1 unspecified atom stereocenters. The lowest BCUT2D eigenvalue weighted by Crippen LogP contribution is -2.60. The zero-order valence-corrected chi connectivity index (χ0v) is 15.2. The summed E-state index contributed by atoms with van der Waals surface area (Å²) in [5.41, 5.74) is -0.873. The zero-order valence-electron chi connectivity index (χ0n) is 15.2. The molecule has 1 heterocycles. The Labute approximate surface area is 144 Å². The molecule has 1 saturated heterocycles. The highest BCUT2D eigenvalue weighted by Crippen LogP contribution is 2.38. The number of hydrogen-bond donors (Lipinski definition) is 3. The van der Waals surface area contributed by atoms with Gasteiger partial charge in [0.25, 0.3) is 0 Å². The third kappa shape index (κ3) is 6.39. The normalized spacial score (nSPS) is 22.5. The summed E-state index contributed by atoms with van der Waals surface area (Å²) in [7, 11) is 0. The molecule has 1 aliphatic heterocycles. The summed E-state index contributed by atoms with van der Waals surface area (Å²) in [5, 5.41) is 21.2. The fourth-order valence-electron chi connectivity index (χ4n) is 3.36. The Bertz CT molecular complexity index is 419. The van der Waals surface area contributed by atoms with E-state index in [0.717, 1.165) is 0 Å². The maximum absolute atomic E-state index is 12.0. The van der Waals surface area contributed by atoms with Gasteiger partial charge in [0.05, 0.1) is 6.10 Å². The smallest absolute Gasteiger partial charge is 0.306 e. The molecule has 1 aliphatic rings. The lowest BCUT2D eigenvalue weighted by atomic mass is 9.80. The van der Waals surface area contributed by atoms with E-state index in [0.29, 0.717) is 38.5 Å². The van der Waals surface area contributed by atoms with Crippen molar-refractivity contribution in [3.05, 3.63) is 12.3 Å². The van der Waals surface area contributed by atoms with Gasteiger partial charge in [-0.25, -0.2) is 0 Å². The van der Waals surface area contributed by atoms with Gasteiger partial charge in [-0.15, -0.1) is 0 Å². The SMILES string of the molecule is CC1(C)CC(OC(=O)CCCCC(O)/C=C/ON)CC(C)(C)N1O. The summed E-state index contributed by atoms with van der Waals surface area (Å²) in [6.45, 7) is 7.76. The molecule has 0 spiro atoms. The first-order valence-electron chi connectivity index (χ1n) is 8.47. The van der Waals surface area contributed by atoms with Gasteiger partial charge in [0, 0.05) is 30.3 Å². The minimum atomic E-state index is -0.625. The highest BCUT2D eigenvalue weighted by atomic mass is 16.6. The molecule has 0 aromatic rings. The van der Waals surface area contributed by atoms with Crippen LogP contribution in [-0.2, 0) is 14.4 Å². The number of esters is 1. The zero-order chi connectivity index (χ0) is 18.4. The number of nitrogens with two attached hydrogens (primary N) is 1. The van der Waals surface area contributed by atoms with Crippen molar-refractivity contribution in [3.63, 3.8) is 0 Å². The van der Waals surface area contributed by atoms with E-state index in [4.69, 9.17) is 10.6 Å². The quantitative estimate of drug-likeness (QED) is 0.268. The lowest BCUT2D eigenvalue weighted by Gasteiger charge is -2.50. The van der Waals surface area contributed by atoms with Gasteiger partial charge in [-0.1, -0.05) is 0 Å². The number of hydroxylamine groups is 2. The van der Waals surface area contributed by atoms with E-state index >= 15 is 0 Å². The van der Waals surface area contributed by atoms with Crippen molar-refractivity contribution in [1.82, 2.24) is 5.06 Å². The summed E-state index contributed by atoms with van der Waals surface area (Å²) < 4.78 is 5.59. The summed E-state index contributed by atoms with van der Waals surface area (Å²) in [4.78, 5) is 16.3. The van der Waals surface area contributed by atoms with E-state index in [1.807, 2.05) is 27.7 Å². The fourth-order valence-corrected chi connectivity index (χ4v) is 3.36. The van der Waals surface area contributed by atoms with Crippen LogP contribution < -0.4 is 5.90 Å². The van der Waals surface area contributed by atoms with Crippen LogP contribution in [0.15, 0.2) is 12.3 Å². The maximum Gasteiger partial charge on any atom is 0.306 e. The predicted molar refractivity (Wildman–Crippen MR) is 89.8 cm³/mol. The number of hydrogen-bond acceptors (Lipinski definition) is 7. The van der Waals surface area contributed by atoms with Gasteiger partial charge in [-0.05, 0) is 53.0 Å². The molecule has 0 amide bonds. The van der Waals surface area contributed by atoms with Gasteiger partial charge in [0.2, 0.25) is 0 Å². The Hall–Kier alpha value is -1.15. The second kappa shape index (κ2) is 8.80. The minimum absolute atomic E-state index is 0.193. The van der Waals surface area contributed by atoms with Gasteiger partial charge < -0.3 is 19.9 Å². The number of carbonyl (C=O) groups is 1. The molecular formula is C17H32N2O5. The summed E-state index contributed by atoms with van der Waals surface area (Å²) in [6.07, 6.45) is 5.29. The molecule has 0 bridgehead atoms. The van der Waals surface area contributed by atoms with Crippen LogP contribution in [-0.4, -0.2) is 44.6 Å². The van der Waals surface area contributed by atoms with Crippen molar-refractivity contribution in [2.45, 2.75) is 89.5 Å². The molecule has 7 nitrogen and oxygen atoms in total. The topological polar surface area (TPSA) is 105 Å². The summed E-state index contributed by atoms with van der Waals surface area (Å²) in [5.74, 6) is 4.60. The number of unbranched alkanes of at least 4 members (excludes halogenated alkanes) is 1. The Morgan fingerprint density at radius 3 is 2.42 bits per heavy atom. The highest BCUT2D eigenvalue weighted by molar-refractivity contribution is 5.69. The van der Waals surface area contributed by atoms with Crippen molar-refractivity contribution in [2.24, 2.45) is 5.90 Å². The van der Waals surface area contributed by atoms with Crippen LogP contribution in [0.1, 0.15) is 66.2 Å². The van der Waals surface area contributed by atoms with Crippen LogP contribution in [0.3, 0.4) is 0 Å². The van der Waals surface area contributed by atoms with E-state index in [1.54, 1.807) is 0 Å². The molecule has 4 N–H and O–H groups in total. The van der Waals surface area contributed by atoms with Crippen molar-refractivity contribution < 1.29 is 24.7 Å². The third-order valence-electron chi connectivity index (χ3n) is 4.41.